The van der Waals surface area contributed by atoms with Gasteiger partial charge in [0.1, 0.15) is 5.38 Å². The maximum absolute atomic E-state index is 10.8. The first-order valence-corrected chi connectivity index (χ1v) is 4.22. The molecule has 0 rings (SSSR count). The molecule has 1 atom stereocenters. The monoisotopic (exact) mass is 195 g/mol. The van der Waals surface area contributed by atoms with E-state index in [0.717, 1.165) is 0 Å². The van der Waals surface area contributed by atoms with Crippen molar-refractivity contribution in [1.29, 1.82) is 0 Å². The van der Waals surface area contributed by atoms with E-state index in [9.17, 15) is 4.79 Å². The third kappa shape index (κ3) is 6.39. The molecule has 12 heavy (non-hydrogen) atoms. The summed E-state index contributed by atoms with van der Waals surface area (Å²) < 4.78 is 4.91. The molecule has 0 saturated carbocycles. The molecule has 0 aromatic heterocycles. The number of aliphatic hydroxyl groups is 1. The third-order valence-corrected chi connectivity index (χ3v) is 1.34. The first-order chi connectivity index (χ1) is 5.68. The van der Waals surface area contributed by atoms with Gasteiger partial charge in [0, 0.05) is 6.54 Å². The van der Waals surface area contributed by atoms with E-state index in [1.54, 1.807) is 6.92 Å². The van der Waals surface area contributed by atoms with Crippen molar-refractivity contribution in [3.8, 4) is 0 Å². The molecular weight excluding hydrogens is 182 g/mol. The molecule has 0 fully saturated rings. The van der Waals surface area contributed by atoms with Crippen LogP contribution in [0.15, 0.2) is 0 Å². The second-order valence-corrected chi connectivity index (χ2v) is 2.90. The third-order valence-electron chi connectivity index (χ3n) is 1.14. The maximum atomic E-state index is 10.8. The highest BCUT2D eigenvalue weighted by atomic mass is 35.5. The lowest BCUT2D eigenvalue weighted by molar-refractivity contribution is -0.120. The highest BCUT2D eigenvalue weighted by molar-refractivity contribution is 6.30. The molecule has 0 heterocycles. The van der Waals surface area contributed by atoms with Crippen LogP contribution in [-0.4, -0.2) is 42.8 Å². The summed E-state index contributed by atoms with van der Waals surface area (Å²) in [5, 5.41) is 10.4. The Morgan fingerprint density at radius 2 is 2.33 bits per heavy atom. The quantitative estimate of drug-likeness (QED) is 0.454. The molecule has 5 heteroatoms. The van der Waals surface area contributed by atoms with Gasteiger partial charge in [-0.2, -0.15) is 0 Å². The normalized spacial score (nSPS) is 12.6. The summed E-state index contributed by atoms with van der Waals surface area (Å²) >= 11 is 5.48. The van der Waals surface area contributed by atoms with Gasteiger partial charge in [-0.15, -0.1) is 11.6 Å². The molecule has 0 aromatic carbocycles. The minimum Gasteiger partial charge on any atom is -0.394 e. The molecule has 72 valence electrons. The number of hydrogen-bond donors (Lipinski definition) is 2. The second-order valence-electron chi connectivity index (χ2n) is 2.24. The predicted molar refractivity (Wildman–Crippen MR) is 46.2 cm³/mol. The molecule has 0 aliphatic rings. The van der Waals surface area contributed by atoms with Crippen LogP contribution < -0.4 is 5.32 Å². The Balaban J connectivity index is 3.14. The van der Waals surface area contributed by atoms with E-state index >= 15 is 0 Å². The number of alkyl halides is 1. The van der Waals surface area contributed by atoms with E-state index in [2.05, 4.69) is 5.32 Å². The van der Waals surface area contributed by atoms with Gasteiger partial charge in [0.15, 0.2) is 0 Å². The predicted octanol–water partition coefficient (Wildman–Crippen LogP) is -0.261. The highest BCUT2D eigenvalue weighted by Gasteiger charge is 2.06. The van der Waals surface area contributed by atoms with E-state index in [0.29, 0.717) is 19.8 Å². The van der Waals surface area contributed by atoms with Gasteiger partial charge in [0.2, 0.25) is 5.91 Å². The first kappa shape index (κ1) is 11.7. The van der Waals surface area contributed by atoms with Crippen molar-refractivity contribution < 1.29 is 14.6 Å². The van der Waals surface area contributed by atoms with Crippen molar-refractivity contribution in [1.82, 2.24) is 5.32 Å². The van der Waals surface area contributed by atoms with Crippen molar-refractivity contribution in [2.24, 2.45) is 0 Å². The zero-order chi connectivity index (χ0) is 9.40. The van der Waals surface area contributed by atoms with E-state index in [1.165, 1.54) is 0 Å². The van der Waals surface area contributed by atoms with Crippen molar-refractivity contribution in [3.63, 3.8) is 0 Å². The van der Waals surface area contributed by atoms with Gasteiger partial charge in [-0.3, -0.25) is 4.79 Å². The van der Waals surface area contributed by atoms with Gasteiger partial charge in [0.05, 0.1) is 19.8 Å². The van der Waals surface area contributed by atoms with E-state index in [1.807, 2.05) is 0 Å². The number of ether oxygens (including phenoxy) is 1. The number of carbonyl (C=O) groups is 1. The van der Waals surface area contributed by atoms with Crippen LogP contribution in [0.3, 0.4) is 0 Å². The summed E-state index contributed by atoms with van der Waals surface area (Å²) in [6.07, 6.45) is 0. The fourth-order valence-corrected chi connectivity index (χ4v) is 0.631. The summed E-state index contributed by atoms with van der Waals surface area (Å²) in [5.74, 6) is -0.204. The van der Waals surface area contributed by atoms with Gasteiger partial charge in [-0.05, 0) is 6.92 Å². The Morgan fingerprint density at radius 3 is 2.83 bits per heavy atom. The van der Waals surface area contributed by atoms with Crippen LogP contribution >= 0.6 is 11.6 Å². The summed E-state index contributed by atoms with van der Waals surface area (Å²) in [7, 11) is 0. The molecule has 4 nitrogen and oxygen atoms in total. The molecule has 1 amide bonds. The molecule has 1 unspecified atom stereocenters. The average molecular weight is 196 g/mol. The molecule has 0 spiro atoms. The molecule has 0 aliphatic heterocycles. The summed E-state index contributed by atoms with van der Waals surface area (Å²) in [4.78, 5) is 10.8. The van der Waals surface area contributed by atoms with E-state index in [-0.39, 0.29) is 12.5 Å². The maximum Gasteiger partial charge on any atom is 0.237 e. The lowest BCUT2D eigenvalue weighted by atomic mass is 10.4. The number of halogens is 1. The van der Waals surface area contributed by atoms with E-state index < -0.39 is 5.38 Å². The Labute approximate surface area is 76.9 Å². The Bertz CT molecular complexity index is 130. The van der Waals surface area contributed by atoms with Gasteiger partial charge >= 0.3 is 0 Å². The van der Waals surface area contributed by atoms with Gasteiger partial charge in [0.25, 0.3) is 0 Å². The van der Waals surface area contributed by atoms with Crippen LogP contribution in [0.2, 0.25) is 0 Å². The number of nitrogens with one attached hydrogen (secondary N) is 1. The van der Waals surface area contributed by atoms with Crippen LogP contribution in [0.5, 0.6) is 0 Å². The molecule has 0 radical (unpaired) electrons. The summed E-state index contributed by atoms with van der Waals surface area (Å²) in [5.41, 5.74) is 0. The van der Waals surface area contributed by atoms with Crippen LogP contribution in [0.1, 0.15) is 6.92 Å². The Kier molecular flexibility index (Phi) is 7.14. The zero-order valence-electron chi connectivity index (χ0n) is 7.05. The molecule has 0 saturated heterocycles. The minimum absolute atomic E-state index is 0.000143. The van der Waals surface area contributed by atoms with Crippen molar-refractivity contribution in [2.45, 2.75) is 12.3 Å². The van der Waals surface area contributed by atoms with Crippen LogP contribution in [0.25, 0.3) is 0 Å². The largest absolute Gasteiger partial charge is 0.394 e. The molecular formula is C7H14ClNO3. The van der Waals surface area contributed by atoms with Crippen molar-refractivity contribution >= 4 is 17.5 Å². The summed E-state index contributed by atoms with van der Waals surface area (Å²) in [6.45, 7) is 2.73. The molecule has 0 aromatic rings. The molecule has 2 N–H and O–H groups in total. The smallest absolute Gasteiger partial charge is 0.237 e. The van der Waals surface area contributed by atoms with Crippen molar-refractivity contribution in [2.75, 3.05) is 26.4 Å². The topological polar surface area (TPSA) is 58.6 Å². The lowest BCUT2D eigenvalue weighted by Crippen LogP contribution is -2.32. The number of carbonyl (C=O) groups excluding carboxylic acids is 1. The van der Waals surface area contributed by atoms with Crippen LogP contribution in [-0.2, 0) is 9.53 Å². The average Bonchev–Trinajstić information content (AvgIpc) is 2.03. The van der Waals surface area contributed by atoms with Crippen LogP contribution in [0.4, 0.5) is 0 Å². The first-order valence-electron chi connectivity index (χ1n) is 3.79. The minimum atomic E-state index is -0.511. The lowest BCUT2D eigenvalue weighted by Gasteiger charge is -2.06. The second kappa shape index (κ2) is 7.34. The molecule has 0 bridgehead atoms. The number of amides is 1. The Hall–Kier alpha value is -0.320. The number of rotatable bonds is 6. The standard InChI is InChI=1S/C7H14ClNO3/c1-6(8)7(11)9-2-4-12-5-3-10/h6,10H,2-5H2,1H3,(H,9,11). The zero-order valence-corrected chi connectivity index (χ0v) is 7.80. The number of hydrogen-bond acceptors (Lipinski definition) is 3. The fourth-order valence-electron chi connectivity index (χ4n) is 0.554. The van der Waals surface area contributed by atoms with Crippen LogP contribution in [0, 0.1) is 0 Å². The van der Waals surface area contributed by atoms with Gasteiger partial charge < -0.3 is 15.2 Å². The number of aliphatic hydroxyl groups excluding tert-OH is 1. The van der Waals surface area contributed by atoms with E-state index in [4.69, 9.17) is 21.4 Å². The van der Waals surface area contributed by atoms with Gasteiger partial charge in [-0.25, -0.2) is 0 Å². The van der Waals surface area contributed by atoms with Crippen molar-refractivity contribution in [3.05, 3.63) is 0 Å². The fraction of sp³-hybridized carbons (Fsp3) is 0.857. The SMILES string of the molecule is CC(Cl)C(=O)NCCOCCO. The highest BCUT2D eigenvalue weighted by Crippen LogP contribution is 1.91. The summed E-state index contributed by atoms with van der Waals surface area (Å²) in [6, 6.07) is 0. The molecule has 0 aliphatic carbocycles. The Morgan fingerprint density at radius 1 is 1.67 bits per heavy atom. The van der Waals surface area contributed by atoms with Gasteiger partial charge in [-0.1, -0.05) is 0 Å².